The number of nitrogens with zero attached hydrogens (tertiary/aromatic N) is 1. The fraction of sp³-hybridized carbons (Fsp3) is 0.808. The van der Waals surface area contributed by atoms with E-state index in [1.54, 1.807) is 0 Å². The monoisotopic (exact) mass is 469 g/mol. The molecular formula is C26H47NO6. The molecule has 0 rings (SSSR count). The van der Waals surface area contributed by atoms with Gasteiger partial charge in [0.05, 0.1) is 12.5 Å². The number of quaternary nitrogens is 1. The molecule has 0 spiro atoms. The molecule has 0 aliphatic rings. The van der Waals surface area contributed by atoms with Crippen molar-refractivity contribution in [1.82, 2.24) is 0 Å². The van der Waals surface area contributed by atoms with Crippen LogP contribution in [0.3, 0.4) is 0 Å². The third-order valence-electron chi connectivity index (χ3n) is 6.59. The summed E-state index contributed by atoms with van der Waals surface area (Å²) in [4.78, 5) is 37.2. The van der Waals surface area contributed by atoms with Gasteiger partial charge in [0.25, 0.3) is 0 Å². The van der Waals surface area contributed by atoms with Gasteiger partial charge in [-0.15, -0.1) is 0 Å². The summed E-state index contributed by atoms with van der Waals surface area (Å²) < 4.78 is -0.443. The third-order valence-corrected chi connectivity index (χ3v) is 6.59. The van der Waals surface area contributed by atoms with Crippen molar-refractivity contribution < 1.29 is 34.2 Å². The van der Waals surface area contributed by atoms with Crippen LogP contribution in [0, 0.1) is 0 Å². The molecule has 0 aliphatic carbocycles. The molecule has 0 fully saturated rings. The van der Waals surface area contributed by atoms with Crippen LogP contribution in [0.1, 0.15) is 111 Å². The van der Waals surface area contributed by atoms with Crippen LogP contribution in [0.15, 0.2) is 12.2 Å². The summed E-state index contributed by atoms with van der Waals surface area (Å²) in [5.41, 5.74) is 0. The lowest BCUT2D eigenvalue weighted by molar-refractivity contribution is -0.975. The minimum atomic E-state index is -1.34. The summed E-state index contributed by atoms with van der Waals surface area (Å²) >= 11 is 0. The van der Waals surface area contributed by atoms with Crippen molar-refractivity contribution in [1.29, 1.82) is 0 Å². The first-order valence-corrected chi connectivity index (χ1v) is 12.9. The van der Waals surface area contributed by atoms with Gasteiger partial charge in [-0.05, 0) is 44.9 Å². The largest absolute Gasteiger partial charge is 0.544 e. The molecule has 7 nitrogen and oxygen atoms in total. The second kappa shape index (κ2) is 17.6. The van der Waals surface area contributed by atoms with Crippen LogP contribution in [0.4, 0.5) is 0 Å². The van der Waals surface area contributed by atoms with Crippen LogP contribution in [0.25, 0.3) is 0 Å². The molecule has 7 heteroatoms. The second-order valence-electron chi connectivity index (χ2n) is 9.06. The average molecular weight is 470 g/mol. The molecule has 0 bridgehead atoms. The Kier molecular flexibility index (Phi) is 16.6. The van der Waals surface area contributed by atoms with Crippen molar-refractivity contribution in [2.24, 2.45) is 0 Å². The quantitative estimate of drug-likeness (QED) is 0.145. The van der Waals surface area contributed by atoms with E-state index in [-0.39, 0.29) is 25.8 Å². The summed E-state index contributed by atoms with van der Waals surface area (Å²) in [7, 11) is 0. The Balaban J connectivity index is 6.01. The molecule has 0 aromatic rings. The average Bonchev–Trinajstić information content (AvgIpc) is 2.76. The molecular weight excluding hydrogens is 422 g/mol. The fourth-order valence-electron chi connectivity index (χ4n) is 5.10. The molecule has 0 saturated heterocycles. The number of carbonyl (C=O) groups excluding carboxylic acids is 1. The summed E-state index contributed by atoms with van der Waals surface area (Å²) in [6.45, 7) is 7.86. The summed E-state index contributed by atoms with van der Waals surface area (Å²) in [6.07, 6.45) is 13.2. The Bertz CT molecular complexity index is 544. The first kappa shape index (κ1) is 31.1. The van der Waals surface area contributed by atoms with Crippen LogP contribution < -0.4 is 5.11 Å². The molecule has 33 heavy (non-hydrogen) atoms. The number of carboxylic acids is 3. The van der Waals surface area contributed by atoms with Gasteiger partial charge in [0.15, 0.2) is 12.1 Å². The van der Waals surface area contributed by atoms with Gasteiger partial charge in [-0.25, -0.2) is 9.59 Å². The van der Waals surface area contributed by atoms with E-state index in [1.165, 1.54) is 0 Å². The summed E-state index contributed by atoms with van der Waals surface area (Å²) in [5.74, 6) is -3.59. The smallest absolute Gasteiger partial charge is 0.362 e. The maximum atomic E-state index is 12.4. The van der Waals surface area contributed by atoms with E-state index in [0.717, 1.165) is 38.5 Å². The number of hydrogen-bond donors (Lipinski definition) is 2. The number of unbranched alkanes of at least 4 members (excludes halogenated alkanes) is 5. The van der Waals surface area contributed by atoms with E-state index in [4.69, 9.17) is 0 Å². The third kappa shape index (κ3) is 9.86. The number of carbonyl (C=O) groups is 3. The van der Waals surface area contributed by atoms with E-state index in [1.807, 2.05) is 20.8 Å². The molecule has 0 aliphatic heterocycles. The predicted octanol–water partition coefficient (Wildman–Crippen LogP) is 4.54. The first-order valence-electron chi connectivity index (χ1n) is 12.9. The zero-order valence-electron chi connectivity index (χ0n) is 21.3. The Morgan fingerprint density at radius 1 is 0.727 bits per heavy atom. The van der Waals surface area contributed by atoms with Crippen LogP contribution in [0.5, 0.6) is 0 Å². The van der Waals surface area contributed by atoms with Crippen molar-refractivity contribution in [3.63, 3.8) is 0 Å². The standard InChI is InChI=1S/C26H47NO6/c1-5-9-10-11-12-13-14-15-16-20-27(21(17-6-2)24(28)29,22(18-7-3)25(30)31)23(19-8-4)26(32)33/h9-10,21-23H,5-8,11-20H2,1-4H3,(H2-,28,29,30,31,32,33)/b10-9+. The fourth-order valence-corrected chi connectivity index (χ4v) is 5.10. The normalized spacial score (nSPS) is 16.2. The molecule has 3 atom stereocenters. The number of carboxylic acid groups (broad SMARTS) is 3. The van der Waals surface area contributed by atoms with Crippen LogP contribution in [-0.4, -0.2) is 57.3 Å². The van der Waals surface area contributed by atoms with Gasteiger partial charge in [-0.3, -0.25) is 4.48 Å². The van der Waals surface area contributed by atoms with E-state index in [0.29, 0.717) is 25.7 Å². The van der Waals surface area contributed by atoms with E-state index >= 15 is 0 Å². The highest BCUT2D eigenvalue weighted by Crippen LogP contribution is 2.34. The Labute approximate surface area is 200 Å². The van der Waals surface area contributed by atoms with Gasteiger partial charge in [0, 0.05) is 19.3 Å². The molecule has 0 aromatic heterocycles. The molecule has 2 N–H and O–H groups in total. The minimum Gasteiger partial charge on any atom is -0.544 e. The van der Waals surface area contributed by atoms with Crippen LogP contribution in [0.2, 0.25) is 0 Å². The van der Waals surface area contributed by atoms with E-state index < -0.39 is 40.5 Å². The maximum absolute atomic E-state index is 12.4. The molecule has 0 saturated carbocycles. The highest BCUT2D eigenvalue weighted by atomic mass is 16.4. The second-order valence-corrected chi connectivity index (χ2v) is 9.06. The van der Waals surface area contributed by atoms with Gasteiger partial charge in [-0.1, -0.05) is 59.1 Å². The lowest BCUT2D eigenvalue weighted by Crippen LogP contribution is -2.74. The number of rotatable bonds is 21. The van der Waals surface area contributed by atoms with Crippen molar-refractivity contribution in [3.05, 3.63) is 12.2 Å². The molecule has 0 radical (unpaired) electrons. The molecule has 0 amide bonds. The van der Waals surface area contributed by atoms with Gasteiger partial charge in [-0.2, -0.15) is 0 Å². The highest BCUT2D eigenvalue weighted by Gasteiger charge is 2.54. The predicted molar refractivity (Wildman–Crippen MR) is 129 cm³/mol. The van der Waals surface area contributed by atoms with Gasteiger partial charge < -0.3 is 20.1 Å². The van der Waals surface area contributed by atoms with Crippen molar-refractivity contribution in [3.8, 4) is 0 Å². The number of hydrogen-bond acceptors (Lipinski definition) is 4. The first-order chi connectivity index (χ1) is 15.7. The molecule has 0 heterocycles. The summed E-state index contributed by atoms with van der Waals surface area (Å²) in [5, 5.41) is 32.6. The molecule has 192 valence electrons. The maximum Gasteiger partial charge on any atom is 0.362 e. The van der Waals surface area contributed by atoms with Crippen LogP contribution >= 0.6 is 0 Å². The van der Waals surface area contributed by atoms with E-state index in [2.05, 4.69) is 19.1 Å². The summed E-state index contributed by atoms with van der Waals surface area (Å²) in [6, 6.07) is -3.33. The molecule has 0 aromatic carbocycles. The van der Waals surface area contributed by atoms with Gasteiger partial charge in [0.2, 0.25) is 0 Å². The van der Waals surface area contributed by atoms with Crippen molar-refractivity contribution in [2.45, 2.75) is 129 Å². The van der Waals surface area contributed by atoms with Gasteiger partial charge >= 0.3 is 11.9 Å². The zero-order chi connectivity index (χ0) is 25.3. The Morgan fingerprint density at radius 3 is 1.61 bits per heavy atom. The number of aliphatic carboxylic acids is 3. The Morgan fingerprint density at radius 2 is 1.18 bits per heavy atom. The van der Waals surface area contributed by atoms with Crippen molar-refractivity contribution in [2.75, 3.05) is 6.54 Å². The SMILES string of the molecule is CC/C=C/CCCCCCC[N+](C(CCC)C(=O)[O-])(C(CCC)C(=O)O)C(CCC)C(=O)O. The van der Waals surface area contributed by atoms with Crippen LogP contribution in [-0.2, 0) is 14.4 Å². The lowest BCUT2D eigenvalue weighted by atomic mass is 9.91. The zero-order valence-corrected chi connectivity index (χ0v) is 21.3. The minimum absolute atomic E-state index is 0.201. The molecule has 3 unspecified atom stereocenters. The lowest BCUT2D eigenvalue weighted by Gasteiger charge is -2.52. The van der Waals surface area contributed by atoms with E-state index in [9.17, 15) is 29.7 Å². The highest BCUT2D eigenvalue weighted by molar-refractivity contribution is 5.77. The Hall–Kier alpha value is -1.89. The van der Waals surface area contributed by atoms with Crippen molar-refractivity contribution >= 4 is 17.9 Å². The number of allylic oxidation sites excluding steroid dienone is 2. The van der Waals surface area contributed by atoms with Gasteiger partial charge in [0.1, 0.15) is 6.04 Å². The topological polar surface area (TPSA) is 115 Å².